The topological polar surface area (TPSA) is 149 Å². The lowest BCUT2D eigenvalue weighted by atomic mass is 10.1. The molecule has 30 heavy (non-hydrogen) atoms. The molecule has 0 saturated heterocycles. The van der Waals surface area contributed by atoms with E-state index in [4.69, 9.17) is 22.7 Å². The molecule has 0 amide bonds. The fourth-order valence-corrected chi connectivity index (χ4v) is 5.31. The molecule has 5 N–H and O–H groups in total. The van der Waals surface area contributed by atoms with E-state index in [-0.39, 0.29) is 41.5 Å². The normalized spacial score (nSPS) is 14.6. The number of nitrogens with zero attached hydrogens (tertiary/aromatic N) is 2. The number of hydrogen-bond acceptors (Lipinski definition) is 5. The van der Waals surface area contributed by atoms with E-state index in [1.54, 1.807) is 0 Å². The van der Waals surface area contributed by atoms with Gasteiger partial charge in [0.05, 0.1) is 9.92 Å². The Kier molecular flexibility index (Phi) is 7.87. The van der Waals surface area contributed by atoms with Gasteiger partial charge in [0.25, 0.3) is 0 Å². The molecule has 0 spiro atoms. The molecule has 0 bridgehead atoms. The predicted octanol–water partition coefficient (Wildman–Crippen LogP) is 2.88. The van der Waals surface area contributed by atoms with Gasteiger partial charge in [-0.15, -0.1) is 12.4 Å². The summed E-state index contributed by atoms with van der Waals surface area (Å²) in [6, 6.07) is 4.30. The number of fused-ring (bicyclic) bond motifs is 1. The molecule has 1 aromatic heterocycles. The average Bonchev–Trinajstić information content (AvgIpc) is 3.16. The number of rotatable bonds is 7. The molecule has 1 heterocycles. The van der Waals surface area contributed by atoms with Gasteiger partial charge >= 0.3 is 5.97 Å². The smallest absolute Gasteiger partial charge is 0.318 e. The molecule has 0 radical (unpaired) electrons. The van der Waals surface area contributed by atoms with Crippen molar-refractivity contribution in [3.63, 3.8) is 0 Å². The number of halogens is 2. The number of sulfonamides is 1. The Bertz CT molecular complexity index is 1060. The Morgan fingerprint density at radius 2 is 2.00 bits per heavy atom. The van der Waals surface area contributed by atoms with Crippen LogP contribution in [0.5, 0.6) is 0 Å². The zero-order chi connectivity index (χ0) is 21.2. The standard InChI is InChI=1S/C18H22ClN5O4S.ClH/c19-15-8-22-17(23-18(20)21)14-7-12(5-6-13(14)15)29(27,28)24(10-16(25)26)9-11-3-1-2-4-11;/h5-8,11H,1-4,9-10H2,(H,25,26)(H4,20,21,22,23);1H. The second-order valence-corrected chi connectivity index (χ2v) is 9.39. The van der Waals surface area contributed by atoms with Gasteiger partial charge in [-0.05, 0) is 30.9 Å². The molecule has 1 aliphatic rings. The maximum absolute atomic E-state index is 13.2. The molecule has 12 heteroatoms. The van der Waals surface area contributed by atoms with E-state index in [0.717, 1.165) is 30.0 Å². The maximum atomic E-state index is 13.2. The molecular weight excluding hydrogens is 453 g/mol. The summed E-state index contributed by atoms with van der Waals surface area (Å²) in [5.74, 6) is -1.23. The van der Waals surface area contributed by atoms with Crippen molar-refractivity contribution < 1.29 is 18.3 Å². The third kappa shape index (κ3) is 5.31. The van der Waals surface area contributed by atoms with Crippen molar-refractivity contribution in [1.82, 2.24) is 9.29 Å². The summed E-state index contributed by atoms with van der Waals surface area (Å²) in [5, 5.41) is 20.4. The van der Waals surface area contributed by atoms with Crippen molar-refractivity contribution in [2.45, 2.75) is 30.6 Å². The maximum Gasteiger partial charge on any atom is 0.318 e. The van der Waals surface area contributed by atoms with Gasteiger partial charge in [0, 0.05) is 23.5 Å². The molecular formula is C18H23Cl2N5O4S. The number of hydrogen-bond donors (Lipinski definition) is 4. The quantitative estimate of drug-likeness (QED) is 0.355. The number of nitrogens with two attached hydrogens (primary N) is 1. The summed E-state index contributed by atoms with van der Waals surface area (Å²) in [7, 11) is -4.06. The first-order valence-corrected chi connectivity index (χ1v) is 10.9. The van der Waals surface area contributed by atoms with Crippen LogP contribution in [0.3, 0.4) is 0 Å². The SMILES string of the molecule is Cl.N=C(N)Nc1ncc(Cl)c2ccc(S(=O)(=O)N(CC(=O)O)CC3CCCC3)cc12. The molecule has 0 aliphatic heterocycles. The number of pyridine rings is 1. The lowest BCUT2D eigenvalue weighted by Crippen LogP contribution is -2.38. The number of carboxylic acid groups (broad SMARTS) is 1. The van der Waals surface area contributed by atoms with Gasteiger partial charge in [-0.2, -0.15) is 4.31 Å². The Balaban J connectivity index is 0.00000320. The van der Waals surface area contributed by atoms with Gasteiger partial charge in [-0.25, -0.2) is 13.4 Å². The molecule has 2 aromatic rings. The fourth-order valence-electron chi connectivity index (χ4n) is 3.60. The molecule has 3 rings (SSSR count). The molecule has 164 valence electrons. The lowest BCUT2D eigenvalue weighted by molar-refractivity contribution is -0.137. The van der Waals surface area contributed by atoms with Crippen molar-refractivity contribution >= 4 is 62.6 Å². The van der Waals surface area contributed by atoms with Crippen molar-refractivity contribution in [3.8, 4) is 0 Å². The van der Waals surface area contributed by atoms with Crippen LogP contribution in [-0.4, -0.2) is 47.8 Å². The van der Waals surface area contributed by atoms with E-state index in [0.29, 0.717) is 15.8 Å². The highest BCUT2D eigenvalue weighted by atomic mass is 35.5. The molecule has 9 nitrogen and oxygen atoms in total. The Hall–Kier alpha value is -2.14. The lowest BCUT2D eigenvalue weighted by Gasteiger charge is -2.24. The van der Waals surface area contributed by atoms with Crippen molar-refractivity contribution in [2.24, 2.45) is 11.7 Å². The van der Waals surface area contributed by atoms with Gasteiger partial charge in [0.2, 0.25) is 10.0 Å². The molecule has 0 unspecified atom stereocenters. The third-order valence-corrected chi connectivity index (χ3v) is 7.06. The van der Waals surface area contributed by atoms with Gasteiger partial charge in [-0.1, -0.05) is 30.5 Å². The number of benzene rings is 1. The van der Waals surface area contributed by atoms with E-state index in [2.05, 4.69) is 10.3 Å². The van der Waals surface area contributed by atoms with Gasteiger partial charge in [0.1, 0.15) is 12.4 Å². The Morgan fingerprint density at radius 3 is 2.60 bits per heavy atom. The minimum Gasteiger partial charge on any atom is -0.480 e. The first kappa shape index (κ1) is 24.1. The monoisotopic (exact) mass is 475 g/mol. The van der Waals surface area contributed by atoms with E-state index in [9.17, 15) is 18.3 Å². The molecule has 1 saturated carbocycles. The van der Waals surface area contributed by atoms with Crippen LogP contribution in [-0.2, 0) is 14.8 Å². The molecule has 0 atom stereocenters. The summed E-state index contributed by atoms with van der Waals surface area (Å²) < 4.78 is 27.5. The van der Waals surface area contributed by atoms with Crippen LogP contribution in [0.25, 0.3) is 10.8 Å². The number of anilines is 1. The van der Waals surface area contributed by atoms with Crippen LogP contribution in [0, 0.1) is 11.3 Å². The van der Waals surface area contributed by atoms with E-state index in [1.165, 1.54) is 24.4 Å². The average molecular weight is 476 g/mol. The molecule has 1 fully saturated rings. The van der Waals surface area contributed by atoms with Gasteiger partial charge < -0.3 is 16.2 Å². The van der Waals surface area contributed by atoms with Crippen LogP contribution in [0.2, 0.25) is 5.02 Å². The van der Waals surface area contributed by atoms with E-state index >= 15 is 0 Å². The van der Waals surface area contributed by atoms with Crippen LogP contribution in [0.1, 0.15) is 25.7 Å². The fraction of sp³-hybridized carbons (Fsp3) is 0.389. The van der Waals surface area contributed by atoms with Crippen LogP contribution >= 0.6 is 24.0 Å². The van der Waals surface area contributed by atoms with Crippen LogP contribution < -0.4 is 11.1 Å². The summed E-state index contributed by atoms with van der Waals surface area (Å²) >= 11 is 6.16. The van der Waals surface area contributed by atoms with Gasteiger partial charge in [0.15, 0.2) is 5.96 Å². The van der Waals surface area contributed by atoms with Crippen molar-refractivity contribution in [2.75, 3.05) is 18.4 Å². The van der Waals surface area contributed by atoms with E-state index in [1.807, 2.05) is 0 Å². The second kappa shape index (κ2) is 9.78. The Labute approximate surface area is 185 Å². The highest BCUT2D eigenvalue weighted by Gasteiger charge is 2.30. The van der Waals surface area contributed by atoms with Crippen LogP contribution in [0.15, 0.2) is 29.3 Å². The number of guanidine groups is 1. The summed E-state index contributed by atoms with van der Waals surface area (Å²) in [5.41, 5.74) is 5.38. The first-order chi connectivity index (χ1) is 13.7. The van der Waals surface area contributed by atoms with Crippen molar-refractivity contribution in [1.29, 1.82) is 5.41 Å². The minimum atomic E-state index is -4.06. The number of aromatic nitrogens is 1. The summed E-state index contributed by atoms with van der Waals surface area (Å²) in [4.78, 5) is 15.3. The largest absolute Gasteiger partial charge is 0.480 e. The first-order valence-electron chi connectivity index (χ1n) is 9.09. The summed E-state index contributed by atoms with van der Waals surface area (Å²) in [6.07, 6.45) is 5.18. The number of nitrogens with one attached hydrogen (secondary N) is 2. The Morgan fingerprint density at radius 1 is 1.33 bits per heavy atom. The highest BCUT2D eigenvalue weighted by molar-refractivity contribution is 7.89. The molecule has 1 aliphatic carbocycles. The number of aliphatic carboxylic acids is 1. The van der Waals surface area contributed by atoms with Crippen LogP contribution in [0.4, 0.5) is 5.82 Å². The zero-order valence-electron chi connectivity index (χ0n) is 16.0. The van der Waals surface area contributed by atoms with Crippen molar-refractivity contribution in [3.05, 3.63) is 29.4 Å². The predicted molar refractivity (Wildman–Crippen MR) is 118 cm³/mol. The number of carboxylic acids is 1. The minimum absolute atomic E-state index is 0. The summed E-state index contributed by atoms with van der Waals surface area (Å²) in [6.45, 7) is -0.442. The zero-order valence-corrected chi connectivity index (χ0v) is 18.4. The van der Waals surface area contributed by atoms with Gasteiger partial charge in [-0.3, -0.25) is 10.2 Å². The molecule has 1 aromatic carbocycles. The second-order valence-electron chi connectivity index (χ2n) is 7.04. The highest BCUT2D eigenvalue weighted by Crippen LogP contribution is 2.32. The van der Waals surface area contributed by atoms with E-state index < -0.39 is 22.5 Å². The number of carbonyl (C=O) groups is 1. The third-order valence-electron chi connectivity index (χ3n) is 4.95.